The zero-order chi connectivity index (χ0) is 13.6. The molecule has 0 radical (unpaired) electrons. The number of rotatable bonds is 6. The smallest absolute Gasteiger partial charge is 0.230 e. The minimum absolute atomic E-state index is 0.00534. The summed E-state index contributed by atoms with van der Waals surface area (Å²) in [4.78, 5) is 0. The molecule has 0 bridgehead atoms. The minimum Gasteiger partial charge on any atom is -0.394 e. The van der Waals surface area contributed by atoms with Crippen molar-refractivity contribution in [1.29, 1.82) is 5.26 Å². The lowest BCUT2D eigenvalue weighted by Crippen LogP contribution is -2.44. The van der Waals surface area contributed by atoms with Crippen molar-refractivity contribution in [2.45, 2.75) is 37.5 Å². The van der Waals surface area contributed by atoms with Gasteiger partial charge in [-0.1, -0.05) is 6.92 Å². The Bertz CT molecular complexity index is 382. The van der Waals surface area contributed by atoms with E-state index >= 15 is 0 Å². The number of nitriles is 1. The number of aliphatic hydroxyl groups is 1. The fourth-order valence-corrected chi connectivity index (χ4v) is 3.66. The molecule has 1 unspecified atom stereocenters. The highest BCUT2D eigenvalue weighted by Gasteiger charge is 2.33. The molecule has 6 nitrogen and oxygen atoms in total. The molecule has 1 saturated heterocycles. The van der Waals surface area contributed by atoms with Crippen LogP contribution >= 0.6 is 0 Å². The quantitative estimate of drug-likeness (QED) is 0.742. The van der Waals surface area contributed by atoms with Gasteiger partial charge in [-0.3, -0.25) is 0 Å². The second-order valence-electron chi connectivity index (χ2n) is 4.26. The summed E-state index contributed by atoms with van der Waals surface area (Å²) < 4.78 is 30.9. The number of aliphatic hydroxyl groups excluding tert-OH is 1. The van der Waals surface area contributed by atoms with E-state index in [1.807, 2.05) is 6.07 Å². The molecular weight excluding hydrogens is 256 g/mol. The molecule has 1 heterocycles. The van der Waals surface area contributed by atoms with E-state index in [4.69, 9.17) is 15.1 Å². The van der Waals surface area contributed by atoms with Crippen LogP contribution in [0, 0.1) is 11.3 Å². The molecule has 0 aromatic rings. The summed E-state index contributed by atoms with van der Waals surface area (Å²) in [6.45, 7) is 2.73. The first-order chi connectivity index (χ1) is 8.56. The van der Waals surface area contributed by atoms with E-state index in [0.717, 1.165) is 0 Å². The zero-order valence-electron chi connectivity index (χ0n) is 10.6. The molecule has 0 saturated carbocycles. The monoisotopic (exact) mass is 276 g/mol. The maximum absolute atomic E-state index is 12.1. The van der Waals surface area contributed by atoms with Crippen LogP contribution in [0.5, 0.6) is 0 Å². The Balaban J connectivity index is 2.55. The first-order valence-electron chi connectivity index (χ1n) is 6.17. The largest absolute Gasteiger partial charge is 0.394 e. The Morgan fingerprint density at radius 1 is 1.50 bits per heavy atom. The third kappa shape index (κ3) is 3.65. The van der Waals surface area contributed by atoms with Gasteiger partial charge in [0, 0.05) is 13.1 Å². The number of hydrogen-bond acceptors (Lipinski definition) is 5. The molecule has 1 fully saturated rings. The van der Waals surface area contributed by atoms with Gasteiger partial charge in [0.15, 0.2) is 5.25 Å². The van der Waals surface area contributed by atoms with E-state index in [1.54, 1.807) is 6.92 Å². The predicted octanol–water partition coefficient (Wildman–Crippen LogP) is 0.0917. The van der Waals surface area contributed by atoms with E-state index in [0.29, 0.717) is 32.4 Å². The average molecular weight is 276 g/mol. The number of hydrogen-bond donors (Lipinski definition) is 1. The fourth-order valence-electron chi connectivity index (χ4n) is 2.02. The van der Waals surface area contributed by atoms with Crippen molar-refractivity contribution in [3.8, 4) is 6.07 Å². The van der Waals surface area contributed by atoms with Gasteiger partial charge in [-0.2, -0.15) is 5.26 Å². The summed E-state index contributed by atoms with van der Waals surface area (Å²) in [5.41, 5.74) is 0. The van der Waals surface area contributed by atoms with Gasteiger partial charge in [-0.25, -0.2) is 12.7 Å². The van der Waals surface area contributed by atoms with Crippen LogP contribution in [0.2, 0.25) is 0 Å². The highest BCUT2D eigenvalue weighted by atomic mass is 32.2. The lowest BCUT2D eigenvalue weighted by atomic mass is 10.1. The van der Waals surface area contributed by atoms with Gasteiger partial charge in [0.2, 0.25) is 10.0 Å². The Labute approximate surface area is 108 Å². The number of piperidine rings is 1. The molecule has 7 heteroatoms. The van der Waals surface area contributed by atoms with E-state index < -0.39 is 15.3 Å². The van der Waals surface area contributed by atoms with E-state index in [1.165, 1.54) is 4.31 Å². The van der Waals surface area contributed by atoms with Crippen molar-refractivity contribution in [2.75, 3.05) is 26.3 Å². The topological polar surface area (TPSA) is 90.6 Å². The molecule has 104 valence electrons. The fraction of sp³-hybridized carbons (Fsp3) is 0.909. The van der Waals surface area contributed by atoms with Crippen LogP contribution in [0.1, 0.15) is 26.2 Å². The van der Waals surface area contributed by atoms with Gasteiger partial charge in [-0.15, -0.1) is 0 Å². The van der Waals surface area contributed by atoms with Crippen LogP contribution < -0.4 is 0 Å². The lowest BCUT2D eigenvalue weighted by Gasteiger charge is -2.32. The lowest BCUT2D eigenvalue weighted by molar-refractivity contribution is 0.00313. The van der Waals surface area contributed by atoms with Gasteiger partial charge in [0.1, 0.15) is 0 Å². The minimum atomic E-state index is -3.50. The summed E-state index contributed by atoms with van der Waals surface area (Å²) in [5.74, 6) is 0. The summed E-state index contributed by atoms with van der Waals surface area (Å²) in [7, 11) is -3.50. The van der Waals surface area contributed by atoms with Crippen molar-refractivity contribution in [1.82, 2.24) is 4.31 Å². The molecule has 1 atom stereocenters. The molecule has 0 spiro atoms. The third-order valence-corrected chi connectivity index (χ3v) is 5.32. The Hall–Kier alpha value is -0.680. The van der Waals surface area contributed by atoms with Crippen LogP contribution in [0.25, 0.3) is 0 Å². The van der Waals surface area contributed by atoms with Gasteiger partial charge < -0.3 is 9.84 Å². The zero-order valence-corrected chi connectivity index (χ0v) is 11.4. The summed E-state index contributed by atoms with van der Waals surface area (Å²) in [6.07, 6.45) is 1.54. The third-order valence-electron chi connectivity index (χ3n) is 3.08. The van der Waals surface area contributed by atoms with Crippen LogP contribution in [-0.4, -0.2) is 55.5 Å². The molecular formula is C11H20N2O4S. The number of nitrogens with zero attached hydrogens (tertiary/aromatic N) is 2. The van der Waals surface area contributed by atoms with Crippen LogP contribution in [0.15, 0.2) is 0 Å². The first kappa shape index (κ1) is 15.4. The van der Waals surface area contributed by atoms with Gasteiger partial charge in [0.05, 0.1) is 25.4 Å². The predicted molar refractivity (Wildman–Crippen MR) is 66.2 cm³/mol. The molecule has 1 N–H and O–H groups in total. The van der Waals surface area contributed by atoms with Crippen molar-refractivity contribution in [3.63, 3.8) is 0 Å². The maximum atomic E-state index is 12.1. The van der Waals surface area contributed by atoms with Gasteiger partial charge in [0.25, 0.3) is 0 Å². The molecule has 0 aliphatic carbocycles. The normalized spacial score (nSPS) is 20.5. The molecule has 0 aromatic heterocycles. The molecule has 1 rings (SSSR count). The summed E-state index contributed by atoms with van der Waals surface area (Å²) >= 11 is 0. The highest BCUT2D eigenvalue weighted by Crippen LogP contribution is 2.20. The van der Waals surface area contributed by atoms with E-state index in [-0.39, 0.29) is 19.3 Å². The van der Waals surface area contributed by atoms with Crippen LogP contribution in [0.4, 0.5) is 0 Å². The second-order valence-corrected chi connectivity index (χ2v) is 6.38. The molecule has 18 heavy (non-hydrogen) atoms. The van der Waals surface area contributed by atoms with Crippen molar-refractivity contribution < 1.29 is 18.3 Å². The summed E-state index contributed by atoms with van der Waals surface area (Å²) in [5, 5.41) is 16.5. The molecule has 1 aliphatic heterocycles. The van der Waals surface area contributed by atoms with Gasteiger partial charge in [-0.05, 0) is 19.3 Å². The molecule has 1 aliphatic rings. The SMILES string of the molecule is CCC(C#N)S(=O)(=O)N1CCC(OCCO)CC1. The Morgan fingerprint density at radius 2 is 2.11 bits per heavy atom. The van der Waals surface area contributed by atoms with Gasteiger partial charge >= 0.3 is 0 Å². The van der Waals surface area contributed by atoms with Crippen LogP contribution in [-0.2, 0) is 14.8 Å². The average Bonchev–Trinajstić information content (AvgIpc) is 2.38. The standard InChI is InChI=1S/C11H20N2O4S/c1-2-11(9-12)18(15,16)13-5-3-10(4-6-13)17-8-7-14/h10-11,14H,2-8H2,1H3. The van der Waals surface area contributed by atoms with Crippen molar-refractivity contribution in [2.24, 2.45) is 0 Å². The highest BCUT2D eigenvalue weighted by molar-refractivity contribution is 7.90. The first-order valence-corrected chi connectivity index (χ1v) is 7.67. The van der Waals surface area contributed by atoms with E-state index in [2.05, 4.69) is 0 Å². The second kappa shape index (κ2) is 7.04. The summed E-state index contributed by atoms with van der Waals surface area (Å²) in [6, 6.07) is 1.84. The van der Waals surface area contributed by atoms with Crippen LogP contribution in [0.3, 0.4) is 0 Å². The Morgan fingerprint density at radius 3 is 2.56 bits per heavy atom. The molecule has 0 amide bonds. The maximum Gasteiger partial charge on any atom is 0.230 e. The molecule has 0 aromatic carbocycles. The van der Waals surface area contributed by atoms with E-state index in [9.17, 15) is 8.42 Å². The number of ether oxygens (including phenoxy) is 1. The van der Waals surface area contributed by atoms with Crippen molar-refractivity contribution in [3.05, 3.63) is 0 Å². The Kier molecular flexibility index (Phi) is 6.02. The number of sulfonamides is 1. The van der Waals surface area contributed by atoms with Crippen molar-refractivity contribution >= 4 is 10.0 Å².